The van der Waals surface area contributed by atoms with E-state index in [1.165, 1.54) is 25.7 Å². The van der Waals surface area contributed by atoms with Gasteiger partial charge in [0.1, 0.15) is 11.6 Å². The number of para-hydroxylation sites is 1. The Labute approximate surface area is 171 Å². The van der Waals surface area contributed by atoms with E-state index in [2.05, 4.69) is 25.5 Å². The first-order chi connectivity index (χ1) is 13.7. The van der Waals surface area contributed by atoms with Gasteiger partial charge in [-0.15, -0.1) is 0 Å². The number of aromatic nitrogens is 2. The highest BCUT2D eigenvalue weighted by Gasteiger charge is 2.15. The van der Waals surface area contributed by atoms with Gasteiger partial charge in [0.25, 0.3) is 0 Å². The summed E-state index contributed by atoms with van der Waals surface area (Å²) in [7, 11) is 1.65. The molecule has 0 radical (unpaired) electrons. The van der Waals surface area contributed by atoms with Gasteiger partial charge in [-0.05, 0) is 37.2 Å². The normalized spacial score (nSPS) is 14.2. The number of hydrogen-bond acceptors (Lipinski definition) is 6. The first-order valence-electron chi connectivity index (χ1n) is 9.65. The van der Waals surface area contributed by atoms with Crippen molar-refractivity contribution in [3.8, 4) is 11.6 Å². The van der Waals surface area contributed by atoms with Crippen LogP contribution in [0.3, 0.4) is 0 Å². The summed E-state index contributed by atoms with van der Waals surface area (Å²) in [5, 5.41) is 6.58. The van der Waals surface area contributed by atoms with Crippen molar-refractivity contribution >= 4 is 29.1 Å². The zero-order valence-corrected chi connectivity index (χ0v) is 17.0. The molecular formula is C20H27N5O2S. The lowest BCUT2D eigenvalue weighted by atomic mass is 10.2. The van der Waals surface area contributed by atoms with E-state index in [1.54, 1.807) is 7.11 Å². The second-order valence-electron chi connectivity index (χ2n) is 6.58. The predicted octanol–water partition coefficient (Wildman–Crippen LogP) is 3.58. The average Bonchev–Trinajstić information content (AvgIpc) is 2.98. The molecule has 0 unspecified atom stereocenters. The third kappa shape index (κ3) is 6.31. The molecule has 0 atom stereocenters. The minimum Gasteiger partial charge on any atom is -0.439 e. The summed E-state index contributed by atoms with van der Waals surface area (Å²) in [5.74, 6) is 2.49. The molecule has 1 aliphatic rings. The number of thiocarbonyl (C=S) groups is 1. The Hall–Kier alpha value is -2.45. The number of nitrogens with zero attached hydrogens (tertiary/aromatic N) is 3. The molecule has 3 rings (SSSR count). The van der Waals surface area contributed by atoms with E-state index in [4.69, 9.17) is 21.7 Å². The minimum absolute atomic E-state index is 0.419. The molecule has 1 aromatic heterocycles. The highest BCUT2D eigenvalue weighted by molar-refractivity contribution is 7.80. The second kappa shape index (κ2) is 10.8. The Morgan fingerprint density at radius 1 is 1.11 bits per heavy atom. The molecule has 2 aromatic rings. The van der Waals surface area contributed by atoms with Gasteiger partial charge in [-0.25, -0.2) is 0 Å². The molecule has 2 N–H and O–H groups in total. The first-order valence-corrected chi connectivity index (χ1v) is 10.1. The van der Waals surface area contributed by atoms with Gasteiger partial charge in [-0.1, -0.05) is 31.0 Å². The Morgan fingerprint density at radius 3 is 2.57 bits per heavy atom. The summed E-state index contributed by atoms with van der Waals surface area (Å²) in [6.45, 7) is 3.15. The van der Waals surface area contributed by atoms with Crippen LogP contribution in [0.1, 0.15) is 25.7 Å². The maximum atomic E-state index is 5.96. The van der Waals surface area contributed by atoms with Gasteiger partial charge >= 0.3 is 0 Å². The van der Waals surface area contributed by atoms with E-state index in [0.29, 0.717) is 30.1 Å². The van der Waals surface area contributed by atoms with Crippen LogP contribution in [0.4, 0.5) is 11.8 Å². The van der Waals surface area contributed by atoms with E-state index in [-0.39, 0.29) is 0 Å². The number of benzene rings is 1. The van der Waals surface area contributed by atoms with Gasteiger partial charge in [-0.2, -0.15) is 9.97 Å². The molecule has 2 heterocycles. The summed E-state index contributed by atoms with van der Waals surface area (Å²) in [4.78, 5) is 11.4. The fourth-order valence-electron chi connectivity index (χ4n) is 3.00. The zero-order chi connectivity index (χ0) is 19.6. The Kier molecular flexibility index (Phi) is 7.81. The molecule has 0 amide bonds. The van der Waals surface area contributed by atoms with Gasteiger partial charge in [0.05, 0.1) is 6.61 Å². The lowest BCUT2D eigenvalue weighted by Gasteiger charge is -2.22. The van der Waals surface area contributed by atoms with E-state index in [9.17, 15) is 0 Å². The predicted molar refractivity (Wildman–Crippen MR) is 115 cm³/mol. The molecule has 1 aromatic carbocycles. The monoisotopic (exact) mass is 401 g/mol. The smallest absolute Gasteiger partial charge is 0.234 e. The van der Waals surface area contributed by atoms with Crippen LogP contribution in [-0.4, -0.2) is 48.4 Å². The highest BCUT2D eigenvalue weighted by Crippen LogP contribution is 2.26. The summed E-state index contributed by atoms with van der Waals surface area (Å²) in [6.07, 6.45) is 4.85. The van der Waals surface area contributed by atoms with Crippen molar-refractivity contribution in [1.29, 1.82) is 0 Å². The van der Waals surface area contributed by atoms with E-state index < -0.39 is 0 Å². The van der Waals surface area contributed by atoms with Crippen molar-refractivity contribution in [1.82, 2.24) is 15.3 Å². The maximum Gasteiger partial charge on any atom is 0.234 e. The van der Waals surface area contributed by atoms with Crippen molar-refractivity contribution in [2.45, 2.75) is 25.7 Å². The molecule has 7 nitrogen and oxygen atoms in total. The van der Waals surface area contributed by atoms with Crippen LogP contribution in [0.2, 0.25) is 0 Å². The Morgan fingerprint density at radius 2 is 1.86 bits per heavy atom. The van der Waals surface area contributed by atoms with Crippen molar-refractivity contribution in [2.24, 2.45) is 0 Å². The molecule has 0 bridgehead atoms. The molecule has 28 heavy (non-hydrogen) atoms. The van der Waals surface area contributed by atoms with Crippen LogP contribution < -0.4 is 20.3 Å². The molecule has 1 saturated heterocycles. The summed E-state index contributed by atoms with van der Waals surface area (Å²) in [5.41, 5.74) is 0. The van der Waals surface area contributed by atoms with E-state index in [0.717, 1.165) is 24.7 Å². The van der Waals surface area contributed by atoms with Crippen LogP contribution in [0.5, 0.6) is 11.6 Å². The number of nitrogens with one attached hydrogen (secondary N) is 2. The second-order valence-corrected chi connectivity index (χ2v) is 6.99. The fourth-order valence-corrected chi connectivity index (χ4v) is 3.20. The Bertz CT molecular complexity index is 752. The first kappa shape index (κ1) is 20.3. The Balaban J connectivity index is 1.79. The standard InChI is InChI=1S/C20H27N5O2S/c1-26-14-11-21-20(28)24-19-22-17(25-12-7-2-3-8-13-25)15-18(23-19)27-16-9-5-4-6-10-16/h4-6,9-10,15H,2-3,7-8,11-14H2,1H3,(H2,21,22,23,24,28). The highest BCUT2D eigenvalue weighted by atomic mass is 32.1. The van der Waals surface area contributed by atoms with Gasteiger partial charge in [-0.3, -0.25) is 0 Å². The largest absolute Gasteiger partial charge is 0.439 e. The lowest BCUT2D eigenvalue weighted by molar-refractivity contribution is 0.204. The third-order valence-electron chi connectivity index (χ3n) is 4.40. The number of ether oxygens (including phenoxy) is 2. The van der Waals surface area contributed by atoms with Crippen LogP contribution in [0.15, 0.2) is 36.4 Å². The van der Waals surface area contributed by atoms with Gasteiger partial charge < -0.3 is 25.0 Å². The number of anilines is 2. The fraction of sp³-hybridized carbons (Fsp3) is 0.450. The van der Waals surface area contributed by atoms with Crippen molar-refractivity contribution in [2.75, 3.05) is 43.6 Å². The summed E-state index contributed by atoms with van der Waals surface area (Å²) in [6, 6.07) is 11.5. The SMILES string of the molecule is COCCNC(=S)Nc1nc(Oc2ccccc2)cc(N2CCCCCC2)n1. The van der Waals surface area contributed by atoms with Crippen molar-refractivity contribution in [3.63, 3.8) is 0 Å². The van der Waals surface area contributed by atoms with Crippen molar-refractivity contribution in [3.05, 3.63) is 36.4 Å². The molecular weight excluding hydrogens is 374 g/mol. The molecule has 1 fully saturated rings. The van der Waals surface area contributed by atoms with Crippen molar-refractivity contribution < 1.29 is 9.47 Å². The lowest BCUT2D eigenvalue weighted by Crippen LogP contribution is -2.32. The van der Waals surface area contributed by atoms with Gasteiger partial charge in [0.2, 0.25) is 11.8 Å². The number of methoxy groups -OCH3 is 1. The molecule has 1 aliphatic heterocycles. The zero-order valence-electron chi connectivity index (χ0n) is 16.2. The van der Waals surface area contributed by atoms with Crippen LogP contribution in [0.25, 0.3) is 0 Å². The third-order valence-corrected chi connectivity index (χ3v) is 4.65. The molecule has 0 saturated carbocycles. The van der Waals surface area contributed by atoms with Gasteiger partial charge in [0.15, 0.2) is 5.11 Å². The molecule has 0 aliphatic carbocycles. The summed E-state index contributed by atoms with van der Waals surface area (Å²) >= 11 is 5.33. The summed E-state index contributed by atoms with van der Waals surface area (Å²) < 4.78 is 11.0. The average molecular weight is 402 g/mol. The minimum atomic E-state index is 0.419. The molecule has 150 valence electrons. The van der Waals surface area contributed by atoms with E-state index >= 15 is 0 Å². The quantitative estimate of drug-likeness (QED) is 0.539. The van der Waals surface area contributed by atoms with Crippen LogP contribution in [0, 0.1) is 0 Å². The number of rotatable bonds is 7. The maximum absolute atomic E-state index is 5.96. The topological polar surface area (TPSA) is 71.5 Å². The van der Waals surface area contributed by atoms with Crippen LogP contribution in [-0.2, 0) is 4.74 Å². The number of hydrogen-bond donors (Lipinski definition) is 2. The van der Waals surface area contributed by atoms with Crippen LogP contribution >= 0.6 is 12.2 Å². The molecule has 8 heteroatoms. The van der Waals surface area contributed by atoms with E-state index in [1.807, 2.05) is 36.4 Å². The van der Waals surface area contributed by atoms with Gasteiger partial charge in [0, 0.05) is 32.8 Å². The molecule has 0 spiro atoms.